The molecule has 0 aliphatic carbocycles. The summed E-state index contributed by atoms with van der Waals surface area (Å²) < 4.78 is 40.3. The van der Waals surface area contributed by atoms with Gasteiger partial charge in [-0.25, -0.2) is 9.67 Å². The van der Waals surface area contributed by atoms with Crippen molar-refractivity contribution in [3.63, 3.8) is 0 Å². The highest BCUT2D eigenvalue weighted by Crippen LogP contribution is 2.33. The van der Waals surface area contributed by atoms with E-state index in [4.69, 9.17) is 0 Å². The van der Waals surface area contributed by atoms with Crippen LogP contribution in [0.15, 0.2) is 30.9 Å². The molecule has 2 N–H and O–H groups in total. The van der Waals surface area contributed by atoms with Gasteiger partial charge in [-0.3, -0.25) is 9.69 Å². The summed E-state index contributed by atoms with van der Waals surface area (Å²) in [6, 6.07) is 3.03. The molecule has 2 heterocycles. The van der Waals surface area contributed by atoms with E-state index < -0.39 is 23.8 Å². The van der Waals surface area contributed by atoms with Crippen molar-refractivity contribution in [1.29, 1.82) is 0 Å². The number of piperidine rings is 1. The van der Waals surface area contributed by atoms with Crippen molar-refractivity contribution in [2.75, 3.05) is 25.0 Å². The van der Waals surface area contributed by atoms with Crippen LogP contribution in [-0.4, -0.2) is 56.4 Å². The molecule has 26 heavy (non-hydrogen) atoms. The molecule has 1 aromatic carbocycles. The Hall–Kier alpha value is -2.46. The SMILES string of the molecule is O=C(CN1CCCC(O)C1)Nc1cc(C(F)(F)F)ccc1-n1cncn1. The number of halogens is 3. The van der Waals surface area contributed by atoms with Crippen LogP contribution in [0, 0.1) is 0 Å². The maximum atomic E-state index is 13.0. The first-order chi connectivity index (χ1) is 12.3. The lowest BCUT2D eigenvalue weighted by Gasteiger charge is -2.29. The summed E-state index contributed by atoms with van der Waals surface area (Å²) in [5.74, 6) is -0.459. The molecule has 1 aromatic heterocycles. The van der Waals surface area contributed by atoms with Gasteiger partial charge in [0.15, 0.2) is 0 Å². The van der Waals surface area contributed by atoms with Crippen molar-refractivity contribution in [3.05, 3.63) is 36.4 Å². The van der Waals surface area contributed by atoms with Gasteiger partial charge >= 0.3 is 6.18 Å². The highest BCUT2D eigenvalue weighted by atomic mass is 19.4. The van der Waals surface area contributed by atoms with Crippen LogP contribution in [0.1, 0.15) is 18.4 Å². The highest BCUT2D eigenvalue weighted by molar-refractivity contribution is 5.94. The monoisotopic (exact) mass is 369 g/mol. The second-order valence-corrected chi connectivity index (χ2v) is 6.15. The molecule has 140 valence electrons. The number of aliphatic hydroxyl groups is 1. The number of β-amino-alcohol motifs (C(OH)–C–C–N with tert-alkyl or cyclic N) is 1. The Labute approximate surface area is 147 Å². The number of aromatic nitrogens is 3. The quantitative estimate of drug-likeness (QED) is 0.857. The summed E-state index contributed by atoms with van der Waals surface area (Å²) in [6.07, 6.45) is -0.991. The first-order valence-corrected chi connectivity index (χ1v) is 8.09. The number of amides is 1. The lowest BCUT2D eigenvalue weighted by atomic mass is 10.1. The minimum atomic E-state index is -4.53. The Morgan fingerprint density at radius 3 is 2.85 bits per heavy atom. The number of hydrogen-bond donors (Lipinski definition) is 2. The van der Waals surface area contributed by atoms with E-state index in [1.165, 1.54) is 23.4 Å². The largest absolute Gasteiger partial charge is 0.416 e. The van der Waals surface area contributed by atoms with E-state index in [0.717, 1.165) is 18.6 Å². The Morgan fingerprint density at radius 1 is 1.38 bits per heavy atom. The van der Waals surface area contributed by atoms with Gasteiger partial charge in [0, 0.05) is 6.54 Å². The molecule has 0 saturated carbocycles. The van der Waals surface area contributed by atoms with Gasteiger partial charge in [0.25, 0.3) is 0 Å². The van der Waals surface area contributed by atoms with Gasteiger partial charge in [-0.05, 0) is 37.6 Å². The van der Waals surface area contributed by atoms with Gasteiger partial charge in [-0.2, -0.15) is 18.3 Å². The number of hydrogen-bond acceptors (Lipinski definition) is 5. The number of alkyl halides is 3. The number of likely N-dealkylation sites (tertiary alicyclic amines) is 1. The molecule has 1 unspecified atom stereocenters. The molecule has 1 atom stereocenters. The molecule has 3 rings (SSSR count). The van der Waals surface area contributed by atoms with E-state index >= 15 is 0 Å². The predicted molar refractivity (Wildman–Crippen MR) is 86.7 cm³/mol. The molecule has 10 heteroatoms. The van der Waals surface area contributed by atoms with E-state index in [2.05, 4.69) is 15.4 Å². The third kappa shape index (κ3) is 4.38. The summed E-state index contributed by atoms with van der Waals surface area (Å²) in [7, 11) is 0. The third-order valence-corrected chi connectivity index (χ3v) is 4.11. The fraction of sp³-hybridized carbons (Fsp3) is 0.438. The minimum absolute atomic E-state index is 0.00659. The predicted octanol–water partition coefficient (Wildman–Crippen LogP) is 1.68. The standard InChI is InChI=1S/C16H18F3N5O2/c17-16(18,19)11-3-4-14(24-10-20-9-21-24)13(6-11)22-15(26)8-23-5-1-2-12(25)7-23/h3-4,6,9-10,12,25H,1-2,5,7-8H2,(H,22,26). The molecule has 2 aromatic rings. The van der Waals surface area contributed by atoms with E-state index in [1.807, 2.05) is 0 Å². The normalized spacial score (nSPS) is 18.7. The van der Waals surface area contributed by atoms with Crippen LogP contribution in [0.5, 0.6) is 0 Å². The van der Waals surface area contributed by atoms with Crippen molar-refractivity contribution in [2.45, 2.75) is 25.1 Å². The Kier molecular flexibility index (Phi) is 5.23. The van der Waals surface area contributed by atoms with Gasteiger partial charge in [-0.1, -0.05) is 0 Å². The smallest absolute Gasteiger partial charge is 0.392 e. The van der Waals surface area contributed by atoms with Crippen LogP contribution in [0.3, 0.4) is 0 Å². The summed E-state index contributed by atoms with van der Waals surface area (Å²) >= 11 is 0. The average molecular weight is 369 g/mol. The number of anilines is 1. The maximum absolute atomic E-state index is 13.0. The third-order valence-electron chi connectivity index (χ3n) is 4.11. The second-order valence-electron chi connectivity index (χ2n) is 6.15. The molecular formula is C16H18F3N5O2. The zero-order valence-electron chi connectivity index (χ0n) is 13.8. The molecule has 1 saturated heterocycles. The number of rotatable bonds is 4. The maximum Gasteiger partial charge on any atom is 0.416 e. The molecule has 1 aliphatic rings. The summed E-state index contributed by atoms with van der Waals surface area (Å²) in [6.45, 7) is 1.01. The van der Waals surface area contributed by atoms with Gasteiger partial charge in [0.05, 0.1) is 29.6 Å². The van der Waals surface area contributed by atoms with E-state index in [0.29, 0.717) is 19.5 Å². The number of aliphatic hydroxyl groups excluding tert-OH is 1. The molecule has 0 radical (unpaired) electrons. The number of nitrogens with one attached hydrogen (secondary N) is 1. The number of nitrogens with zero attached hydrogens (tertiary/aromatic N) is 4. The van der Waals surface area contributed by atoms with Crippen molar-refractivity contribution in [1.82, 2.24) is 19.7 Å². The van der Waals surface area contributed by atoms with Crippen LogP contribution < -0.4 is 5.32 Å². The highest BCUT2D eigenvalue weighted by Gasteiger charge is 2.31. The summed E-state index contributed by atoms with van der Waals surface area (Å²) in [4.78, 5) is 17.9. The van der Waals surface area contributed by atoms with E-state index in [-0.39, 0.29) is 17.9 Å². The molecule has 1 amide bonds. The lowest BCUT2D eigenvalue weighted by Crippen LogP contribution is -2.42. The first kappa shape index (κ1) is 18.3. The second kappa shape index (κ2) is 7.42. The zero-order chi connectivity index (χ0) is 18.7. The summed E-state index contributed by atoms with van der Waals surface area (Å²) in [5.41, 5.74) is -0.597. The number of carbonyl (C=O) groups excluding carboxylic acids is 1. The fourth-order valence-corrected chi connectivity index (χ4v) is 2.91. The lowest BCUT2D eigenvalue weighted by molar-refractivity contribution is -0.137. The van der Waals surface area contributed by atoms with Crippen molar-refractivity contribution < 1.29 is 23.1 Å². The van der Waals surface area contributed by atoms with Gasteiger partial charge in [0.1, 0.15) is 12.7 Å². The van der Waals surface area contributed by atoms with Crippen LogP contribution >= 0.6 is 0 Å². The molecule has 1 aliphatic heterocycles. The Morgan fingerprint density at radius 2 is 2.19 bits per heavy atom. The van der Waals surface area contributed by atoms with Crippen LogP contribution in [0.25, 0.3) is 5.69 Å². The molecule has 0 spiro atoms. The van der Waals surface area contributed by atoms with Gasteiger partial charge in [0.2, 0.25) is 5.91 Å². The van der Waals surface area contributed by atoms with Crippen LogP contribution in [0.4, 0.5) is 18.9 Å². The van der Waals surface area contributed by atoms with E-state index in [1.54, 1.807) is 4.90 Å². The average Bonchev–Trinajstić information content (AvgIpc) is 3.08. The Balaban J connectivity index is 1.81. The van der Waals surface area contributed by atoms with Gasteiger partial charge in [-0.15, -0.1) is 0 Å². The molecule has 1 fully saturated rings. The van der Waals surface area contributed by atoms with Crippen molar-refractivity contribution in [3.8, 4) is 5.69 Å². The van der Waals surface area contributed by atoms with E-state index in [9.17, 15) is 23.1 Å². The number of carbonyl (C=O) groups is 1. The first-order valence-electron chi connectivity index (χ1n) is 8.09. The van der Waals surface area contributed by atoms with Crippen molar-refractivity contribution in [2.24, 2.45) is 0 Å². The minimum Gasteiger partial charge on any atom is -0.392 e. The molecule has 0 bridgehead atoms. The Bertz CT molecular complexity index is 764. The summed E-state index contributed by atoms with van der Waals surface area (Å²) in [5, 5.41) is 16.1. The van der Waals surface area contributed by atoms with Crippen molar-refractivity contribution >= 4 is 11.6 Å². The zero-order valence-corrected chi connectivity index (χ0v) is 13.8. The van der Waals surface area contributed by atoms with Crippen LogP contribution in [0.2, 0.25) is 0 Å². The number of benzene rings is 1. The fourth-order valence-electron chi connectivity index (χ4n) is 2.91. The van der Waals surface area contributed by atoms with Crippen LogP contribution in [-0.2, 0) is 11.0 Å². The molecule has 7 nitrogen and oxygen atoms in total. The topological polar surface area (TPSA) is 83.3 Å². The van der Waals surface area contributed by atoms with Gasteiger partial charge < -0.3 is 10.4 Å². The molecular weight excluding hydrogens is 351 g/mol.